The fraction of sp³-hybridized carbons (Fsp3) is 0.321. The maximum atomic E-state index is 14.1. The Morgan fingerprint density at radius 1 is 1.05 bits per heavy atom. The molecule has 0 fully saturated rings. The summed E-state index contributed by atoms with van der Waals surface area (Å²) >= 11 is 0. The molecule has 1 N–H and O–H groups in total. The Hall–Kier alpha value is -4.47. The Labute approximate surface area is 220 Å². The number of amides is 2. The SMILES string of the molecule is CC(C)CCNC(=O)C(c1cccnc1)N(C(=O)Cn1nnc2ccccc21)c1ccc2c(c1)OCCO2. The molecule has 1 atom stereocenters. The maximum Gasteiger partial charge on any atom is 0.249 e. The van der Waals surface area contributed by atoms with Gasteiger partial charge in [-0.2, -0.15) is 0 Å². The molecule has 3 heterocycles. The minimum absolute atomic E-state index is 0.120. The first-order valence-electron chi connectivity index (χ1n) is 12.7. The normalized spacial score (nSPS) is 13.3. The number of nitrogens with zero attached hydrogens (tertiary/aromatic N) is 5. The average Bonchev–Trinajstić information content (AvgIpc) is 3.34. The molecule has 2 amide bonds. The topological polar surface area (TPSA) is 111 Å². The Morgan fingerprint density at radius 2 is 1.87 bits per heavy atom. The molecule has 0 saturated heterocycles. The van der Waals surface area contributed by atoms with Crippen molar-refractivity contribution < 1.29 is 19.1 Å². The van der Waals surface area contributed by atoms with E-state index in [9.17, 15) is 9.59 Å². The van der Waals surface area contributed by atoms with Crippen LogP contribution in [-0.2, 0) is 16.1 Å². The minimum Gasteiger partial charge on any atom is -0.486 e. The van der Waals surface area contributed by atoms with Crippen molar-refractivity contribution in [2.24, 2.45) is 5.92 Å². The van der Waals surface area contributed by atoms with Crippen LogP contribution >= 0.6 is 0 Å². The summed E-state index contributed by atoms with van der Waals surface area (Å²) in [6.45, 7) is 5.41. The molecule has 0 aliphatic carbocycles. The maximum absolute atomic E-state index is 14.1. The molecular weight excluding hydrogens is 484 g/mol. The number of ether oxygens (including phenoxy) is 2. The molecule has 10 nitrogen and oxygen atoms in total. The van der Waals surface area contributed by atoms with E-state index in [0.29, 0.717) is 53.9 Å². The molecule has 0 saturated carbocycles. The summed E-state index contributed by atoms with van der Waals surface area (Å²) in [5.41, 5.74) is 2.49. The van der Waals surface area contributed by atoms with Crippen molar-refractivity contribution in [2.75, 3.05) is 24.7 Å². The van der Waals surface area contributed by atoms with Gasteiger partial charge in [-0.05, 0) is 42.7 Å². The summed E-state index contributed by atoms with van der Waals surface area (Å²) in [7, 11) is 0. The number of carbonyl (C=O) groups excluding carboxylic acids is 2. The number of para-hydroxylation sites is 1. The number of rotatable bonds is 9. The van der Waals surface area contributed by atoms with Crippen LogP contribution in [0.4, 0.5) is 5.69 Å². The van der Waals surface area contributed by atoms with Crippen molar-refractivity contribution in [3.05, 3.63) is 72.6 Å². The fourth-order valence-electron chi connectivity index (χ4n) is 4.39. The molecule has 196 valence electrons. The molecule has 5 rings (SSSR count). The van der Waals surface area contributed by atoms with Crippen LogP contribution in [0.3, 0.4) is 0 Å². The average molecular weight is 515 g/mol. The van der Waals surface area contributed by atoms with Crippen LogP contribution in [0.25, 0.3) is 11.0 Å². The molecule has 0 bridgehead atoms. The summed E-state index contributed by atoms with van der Waals surface area (Å²) in [5, 5.41) is 11.4. The van der Waals surface area contributed by atoms with Crippen LogP contribution in [-0.4, -0.2) is 51.6 Å². The lowest BCUT2D eigenvalue weighted by molar-refractivity contribution is -0.127. The predicted octanol–water partition coefficient (Wildman–Crippen LogP) is 3.53. The molecule has 4 aromatic rings. The van der Waals surface area contributed by atoms with Crippen molar-refractivity contribution in [3.63, 3.8) is 0 Å². The summed E-state index contributed by atoms with van der Waals surface area (Å²) in [6.07, 6.45) is 4.05. The predicted molar refractivity (Wildman–Crippen MR) is 142 cm³/mol. The number of carbonyl (C=O) groups is 2. The quantitative estimate of drug-likeness (QED) is 0.364. The zero-order valence-electron chi connectivity index (χ0n) is 21.4. The highest BCUT2D eigenvalue weighted by molar-refractivity contribution is 6.01. The first-order chi connectivity index (χ1) is 18.5. The molecule has 38 heavy (non-hydrogen) atoms. The van der Waals surface area contributed by atoms with Gasteiger partial charge in [-0.25, -0.2) is 4.68 Å². The van der Waals surface area contributed by atoms with E-state index in [2.05, 4.69) is 34.5 Å². The zero-order chi connectivity index (χ0) is 26.5. The van der Waals surface area contributed by atoms with Gasteiger partial charge in [-0.3, -0.25) is 19.5 Å². The van der Waals surface area contributed by atoms with Crippen LogP contribution in [0, 0.1) is 5.92 Å². The molecule has 2 aromatic heterocycles. The van der Waals surface area contributed by atoms with E-state index in [1.807, 2.05) is 24.3 Å². The van der Waals surface area contributed by atoms with E-state index in [-0.39, 0.29) is 18.4 Å². The number of hydrogen-bond donors (Lipinski definition) is 1. The van der Waals surface area contributed by atoms with Gasteiger partial charge in [-0.1, -0.05) is 37.3 Å². The number of pyridine rings is 1. The third kappa shape index (κ3) is 5.44. The number of benzene rings is 2. The van der Waals surface area contributed by atoms with Crippen molar-refractivity contribution in [3.8, 4) is 11.5 Å². The van der Waals surface area contributed by atoms with Gasteiger partial charge in [0, 0.05) is 36.3 Å². The Balaban J connectivity index is 1.56. The van der Waals surface area contributed by atoms with Crippen LogP contribution in [0.5, 0.6) is 11.5 Å². The number of aromatic nitrogens is 4. The number of anilines is 1. The van der Waals surface area contributed by atoms with E-state index in [1.54, 1.807) is 47.4 Å². The first kappa shape index (κ1) is 25.2. The number of hydrogen-bond acceptors (Lipinski definition) is 7. The molecule has 1 aliphatic heterocycles. The van der Waals surface area contributed by atoms with E-state index >= 15 is 0 Å². The van der Waals surface area contributed by atoms with Crippen LogP contribution < -0.4 is 19.7 Å². The molecule has 2 aromatic carbocycles. The van der Waals surface area contributed by atoms with Gasteiger partial charge in [0.1, 0.15) is 31.3 Å². The standard InChI is InChI=1S/C28H30N6O4/c1-19(2)11-13-30-28(36)27(20-6-5-12-29-17-20)34(21-9-10-24-25(16-21)38-15-14-37-24)26(35)18-33-23-8-4-3-7-22(23)31-32-33/h3-10,12,16-17,19,27H,11,13-15,18H2,1-2H3,(H,30,36). The van der Waals surface area contributed by atoms with Gasteiger partial charge >= 0.3 is 0 Å². The lowest BCUT2D eigenvalue weighted by Gasteiger charge is -2.32. The number of fused-ring (bicyclic) bond motifs is 2. The highest BCUT2D eigenvalue weighted by Crippen LogP contribution is 2.37. The second kappa shape index (κ2) is 11.3. The van der Waals surface area contributed by atoms with Gasteiger partial charge in [0.05, 0.1) is 5.52 Å². The van der Waals surface area contributed by atoms with Crippen molar-refractivity contribution in [2.45, 2.75) is 32.9 Å². The van der Waals surface area contributed by atoms with Crippen LogP contribution in [0.15, 0.2) is 67.0 Å². The fourth-order valence-corrected chi connectivity index (χ4v) is 4.39. The summed E-state index contributed by atoms with van der Waals surface area (Å²) in [4.78, 5) is 33.5. The second-order valence-electron chi connectivity index (χ2n) is 9.49. The van der Waals surface area contributed by atoms with Gasteiger partial charge in [0.2, 0.25) is 11.8 Å². The molecule has 10 heteroatoms. The third-order valence-corrected chi connectivity index (χ3v) is 6.31. The van der Waals surface area contributed by atoms with Gasteiger partial charge < -0.3 is 14.8 Å². The Bertz CT molecular complexity index is 1420. The van der Waals surface area contributed by atoms with Gasteiger partial charge in [-0.15, -0.1) is 5.10 Å². The highest BCUT2D eigenvalue weighted by Gasteiger charge is 2.34. The first-order valence-corrected chi connectivity index (χ1v) is 12.7. The minimum atomic E-state index is -0.972. The third-order valence-electron chi connectivity index (χ3n) is 6.31. The zero-order valence-corrected chi connectivity index (χ0v) is 21.4. The van der Waals surface area contributed by atoms with Gasteiger partial charge in [0.25, 0.3) is 0 Å². The van der Waals surface area contributed by atoms with E-state index in [1.165, 1.54) is 4.90 Å². The molecule has 1 aliphatic rings. The Morgan fingerprint density at radius 3 is 2.66 bits per heavy atom. The van der Waals surface area contributed by atoms with Crippen LogP contribution in [0.2, 0.25) is 0 Å². The van der Waals surface area contributed by atoms with Crippen molar-refractivity contribution in [1.82, 2.24) is 25.3 Å². The van der Waals surface area contributed by atoms with Crippen molar-refractivity contribution >= 4 is 28.5 Å². The summed E-state index contributed by atoms with van der Waals surface area (Å²) in [5.74, 6) is 0.885. The summed E-state index contributed by atoms with van der Waals surface area (Å²) in [6, 6.07) is 15.2. The summed E-state index contributed by atoms with van der Waals surface area (Å²) < 4.78 is 13.0. The van der Waals surface area contributed by atoms with Crippen LogP contribution in [0.1, 0.15) is 31.9 Å². The Kier molecular flexibility index (Phi) is 7.48. The largest absolute Gasteiger partial charge is 0.486 e. The van der Waals surface area contributed by atoms with Gasteiger partial charge in [0.15, 0.2) is 11.5 Å². The highest BCUT2D eigenvalue weighted by atomic mass is 16.6. The molecule has 0 spiro atoms. The lowest BCUT2D eigenvalue weighted by Crippen LogP contribution is -2.45. The van der Waals surface area contributed by atoms with E-state index in [4.69, 9.17) is 9.47 Å². The monoisotopic (exact) mass is 514 g/mol. The second-order valence-corrected chi connectivity index (χ2v) is 9.49. The number of nitrogens with one attached hydrogen (secondary N) is 1. The van der Waals surface area contributed by atoms with E-state index in [0.717, 1.165) is 11.9 Å². The smallest absolute Gasteiger partial charge is 0.249 e. The molecule has 0 radical (unpaired) electrons. The molecular formula is C28H30N6O4. The molecule has 1 unspecified atom stereocenters. The van der Waals surface area contributed by atoms with E-state index < -0.39 is 6.04 Å². The van der Waals surface area contributed by atoms with Crippen molar-refractivity contribution in [1.29, 1.82) is 0 Å². The lowest BCUT2D eigenvalue weighted by atomic mass is 10.0.